The van der Waals surface area contributed by atoms with Gasteiger partial charge >= 0.3 is 0 Å². The lowest BCUT2D eigenvalue weighted by atomic mass is 10.0. The highest BCUT2D eigenvalue weighted by Crippen LogP contribution is 2.40. The number of rotatable bonds is 5. The zero-order chi connectivity index (χ0) is 12.6. The van der Waals surface area contributed by atoms with Gasteiger partial charge in [0.2, 0.25) is 0 Å². The van der Waals surface area contributed by atoms with Crippen LogP contribution in [0.2, 0.25) is 0 Å². The van der Waals surface area contributed by atoms with Gasteiger partial charge in [0.05, 0.1) is 28.5 Å². The number of methoxy groups -OCH3 is 1. The van der Waals surface area contributed by atoms with Gasteiger partial charge in [-0.2, -0.15) is 5.10 Å². The minimum Gasteiger partial charge on any atom is -0.379 e. The molecule has 17 heavy (non-hydrogen) atoms. The molecular formula is C12H20BrN3O. The van der Waals surface area contributed by atoms with Crippen LogP contribution in [0.4, 0.5) is 0 Å². The molecule has 2 N–H and O–H groups in total. The van der Waals surface area contributed by atoms with Crippen LogP contribution < -0.4 is 5.73 Å². The fraction of sp³-hybridized carbons (Fsp3) is 0.750. The third kappa shape index (κ3) is 2.56. The quantitative estimate of drug-likeness (QED) is 0.909. The molecule has 0 radical (unpaired) electrons. The largest absolute Gasteiger partial charge is 0.379 e. The van der Waals surface area contributed by atoms with Gasteiger partial charge in [-0.05, 0) is 48.5 Å². The Morgan fingerprint density at radius 3 is 2.65 bits per heavy atom. The van der Waals surface area contributed by atoms with Crippen LogP contribution in [0.1, 0.15) is 44.5 Å². The first-order valence-corrected chi connectivity index (χ1v) is 6.86. The molecule has 1 aromatic rings. The van der Waals surface area contributed by atoms with E-state index >= 15 is 0 Å². The lowest BCUT2D eigenvalue weighted by Crippen LogP contribution is -2.32. The van der Waals surface area contributed by atoms with Crippen LogP contribution in [0.25, 0.3) is 0 Å². The second-order valence-corrected chi connectivity index (χ2v) is 5.83. The number of halogens is 1. The predicted molar refractivity (Wildman–Crippen MR) is 70.8 cm³/mol. The van der Waals surface area contributed by atoms with E-state index in [9.17, 15) is 0 Å². The van der Waals surface area contributed by atoms with Crippen LogP contribution in [0.3, 0.4) is 0 Å². The molecule has 0 aliphatic heterocycles. The molecule has 0 amide bonds. The zero-order valence-corrected chi connectivity index (χ0v) is 12.1. The Bertz CT molecular complexity index is 387. The molecule has 1 saturated carbocycles. The summed E-state index contributed by atoms with van der Waals surface area (Å²) in [6.07, 6.45) is 4.36. The molecule has 5 heteroatoms. The maximum atomic E-state index is 6.36. The average molecular weight is 302 g/mol. The average Bonchev–Trinajstić information content (AvgIpc) is 3.01. The van der Waals surface area contributed by atoms with E-state index in [1.54, 1.807) is 7.11 Å². The molecule has 96 valence electrons. The van der Waals surface area contributed by atoms with Crippen molar-refractivity contribution in [3.05, 3.63) is 16.4 Å². The van der Waals surface area contributed by atoms with Gasteiger partial charge in [0.1, 0.15) is 0 Å². The number of hydrogen-bond acceptors (Lipinski definition) is 3. The van der Waals surface area contributed by atoms with Crippen molar-refractivity contribution in [1.82, 2.24) is 9.78 Å². The van der Waals surface area contributed by atoms with Gasteiger partial charge in [0, 0.05) is 13.2 Å². The smallest absolute Gasteiger partial charge is 0.0807 e. The van der Waals surface area contributed by atoms with Gasteiger partial charge < -0.3 is 10.5 Å². The molecule has 2 rings (SSSR count). The summed E-state index contributed by atoms with van der Waals surface area (Å²) >= 11 is 3.53. The molecule has 2 atom stereocenters. The van der Waals surface area contributed by atoms with Gasteiger partial charge in [-0.1, -0.05) is 0 Å². The molecule has 1 aliphatic rings. The fourth-order valence-corrected chi connectivity index (χ4v) is 2.82. The van der Waals surface area contributed by atoms with E-state index in [0.29, 0.717) is 12.0 Å². The molecule has 1 aromatic heterocycles. The van der Waals surface area contributed by atoms with Gasteiger partial charge in [-0.25, -0.2) is 0 Å². The Balaban J connectivity index is 2.28. The minimum absolute atomic E-state index is 0.0977. The second-order valence-electron chi connectivity index (χ2n) is 4.98. The summed E-state index contributed by atoms with van der Waals surface area (Å²) in [5.74, 6) is 0.609. The molecule has 0 spiro atoms. The zero-order valence-electron chi connectivity index (χ0n) is 10.6. The van der Waals surface area contributed by atoms with Crippen molar-refractivity contribution in [3.63, 3.8) is 0 Å². The first kappa shape index (κ1) is 13.1. The highest BCUT2D eigenvalue weighted by Gasteiger charge is 2.38. The van der Waals surface area contributed by atoms with E-state index in [1.165, 1.54) is 12.8 Å². The summed E-state index contributed by atoms with van der Waals surface area (Å²) in [4.78, 5) is 0. The van der Waals surface area contributed by atoms with Gasteiger partial charge in [0.15, 0.2) is 0 Å². The summed E-state index contributed by atoms with van der Waals surface area (Å²) in [5, 5.41) is 4.37. The van der Waals surface area contributed by atoms with Crippen LogP contribution in [0.15, 0.2) is 10.7 Å². The Labute approximate surface area is 111 Å². The maximum absolute atomic E-state index is 6.36. The first-order chi connectivity index (χ1) is 8.06. The summed E-state index contributed by atoms with van der Waals surface area (Å²) in [6, 6.07) is 0.186. The third-order valence-corrected chi connectivity index (χ3v) is 3.92. The number of nitrogens with two attached hydrogens (primary N) is 1. The van der Waals surface area contributed by atoms with Crippen molar-refractivity contribution >= 4 is 15.9 Å². The molecule has 2 unspecified atom stereocenters. The molecule has 1 heterocycles. The van der Waals surface area contributed by atoms with Crippen LogP contribution >= 0.6 is 15.9 Å². The molecule has 0 saturated heterocycles. The maximum Gasteiger partial charge on any atom is 0.0807 e. The van der Waals surface area contributed by atoms with Crippen LogP contribution in [0.5, 0.6) is 0 Å². The summed E-state index contributed by atoms with van der Waals surface area (Å²) in [6.45, 7) is 4.21. The Morgan fingerprint density at radius 1 is 1.53 bits per heavy atom. The number of aromatic nitrogens is 2. The van der Waals surface area contributed by atoms with E-state index in [4.69, 9.17) is 10.5 Å². The van der Waals surface area contributed by atoms with Crippen molar-refractivity contribution in [3.8, 4) is 0 Å². The number of hydrogen-bond donors (Lipinski definition) is 1. The standard InChI is InChI=1S/C12H20BrN3O/c1-7(2)16-11(9(13)6-15-16)10(14)12(17-3)8-4-5-8/h6-8,10,12H,4-5,14H2,1-3H3. The summed E-state index contributed by atoms with van der Waals surface area (Å²) in [5.41, 5.74) is 7.40. The van der Waals surface area contributed by atoms with Gasteiger partial charge in [0.25, 0.3) is 0 Å². The molecule has 4 nitrogen and oxygen atoms in total. The first-order valence-electron chi connectivity index (χ1n) is 6.07. The van der Waals surface area contributed by atoms with Crippen molar-refractivity contribution in [1.29, 1.82) is 0 Å². The normalized spacial score (nSPS) is 19.6. The molecule has 0 aromatic carbocycles. The fourth-order valence-electron chi connectivity index (χ4n) is 2.29. The molecule has 1 aliphatic carbocycles. The number of nitrogens with zero attached hydrogens (tertiary/aromatic N) is 2. The summed E-state index contributed by atoms with van der Waals surface area (Å²) < 4.78 is 8.51. The van der Waals surface area contributed by atoms with Crippen LogP contribution in [-0.2, 0) is 4.74 Å². The van der Waals surface area contributed by atoms with Gasteiger partial charge in [-0.3, -0.25) is 4.68 Å². The molecule has 1 fully saturated rings. The van der Waals surface area contributed by atoms with Crippen molar-refractivity contribution in [2.45, 2.75) is 44.9 Å². The van der Waals surface area contributed by atoms with E-state index in [1.807, 2.05) is 10.9 Å². The van der Waals surface area contributed by atoms with Crippen molar-refractivity contribution in [2.24, 2.45) is 11.7 Å². The number of ether oxygens (including phenoxy) is 1. The molecular weight excluding hydrogens is 282 g/mol. The van der Waals surface area contributed by atoms with E-state index in [2.05, 4.69) is 34.9 Å². The predicted octanol–water partition coefficient (Wildman–Crippen LogP) is 2.65. The SMILES string of the molecule is COC(C1CC1)C(N)c1c(Br)cnn1C(C)C. The topological polar surface area (TPSA) is 53.1 Å². The van der Waals surface area contributed by atoms with E-state index < -0.39 is 0 Å². The van der Waals surface area contributed by atoms with E-state index in [-0.39, 0.29) is 12.1 Å². The highest BCUT2D eigenvalue weighted by molar-refractivity contribution is 9.10. The second kappa shape index (κ2) is 5.08. The van der Waals surface area contributed by atoms with Gasteiger partial charge in [-0.15, -0.1) is 0 Å². The lowest BCUT2D eigenvalue weighted by Gasteiger charge is -2.24. The van der Waals surface area contributed by atoms with Crippen LogP contribution in [-0.4, -0.2) is 23.0 Å². The Kier molecular flexibility index (Phi) is 3.90. The highest BCUT2D eigenvalue weighted by atomic mass is 79.9. The third-order valence-electron chi connectivity index (χ3n) is 3.30. The van der Waals surface area contributed by atoms with Crippen molar-refractivity contribution in [2.75, 3.05) is 7.11 Å². The lowest BCUT2D eigenvalue weighted by molar-refractivity contribution is 0.0594. The van der Waals surface area contributed by atoms with Crippen LogP contribution in [0, 0.1) is 5.92 Å². The minimum atomic E-state index is -0.119. The molecule has 0 bridgehead atoms. The Hall–Kier alpha value is -0.390. The Morgan fingerprint density at radius 2 is 2.18 bits per heavy atom. The summed E-state index contributed by atoms with van der Waals surface area (Å²) in [7, 11) is 1.74. The monoisotopic (exact) mass is 301 g/mol. The van der Waals surface area contributed by atoms with E-state index in [0.717, 1.165) is 10.2 Å². The van der Waals surface area contributed by atoms with Crippen molar-refractivity contribution < 1.29 is 4.74 Å².